The van der Waals surface area contributed by atoms with Gasteiger partial charge in [-0.15, -0.1) is 0 Å². The van der Waals surface area contributed by atoms with Crippen LogP contribution in [0.4, 0.5) is 10.1 Å². The van der Waals surface area contributed by atoms with Crippen molar-refractivity contribution >= 4 is 17.6 Å². The highest BCUT2D eigenvalue weighted by Gasteiger charge is 2.13. The number of H-pyrrole nitrogens is 1. The van der Waals surface area contributed by atoms with Crippen molar-refractivity contribution in [2.24, 2.45) is 0 Å². The zero-order chi connectivity index (χ0) is 16.3. The Morgan fingerprint density at radius 1 is 1.32 bits per heavy atom. The third kappa shape index (κ3) is 3.69. The maximum atomic E-state index is 13.7. The number of benzene rings is 1. The van der Waals surface area contributed by atoms with E-state index in [1.165, 1.54) is 12.1 Å². The normalized spacial score (nSPS) is 10.5. The largest absolute Gasteiger partial charge is 0.481 e. The second kappa shape index (κ2) is 6.38. The van der Waals surface area contributed by atoms with Crippen LogP contribution in [0.25, 0.3) is 0 Å². The van der Waals surface area contributed by atoms with Crippen LogP contribution >= 0.6 is 0 Å². The van der Waals surface area contributed by atoms with Crippen LogP contribution in [0.5, 0.6) is 0 Å². The van der Waals surface area contributed by atoms with Gasteiger partial charge in [0.1, 0.15) is 5.82 Å². The molecule has 0 aliphatic heterocycles. The number of nitrogens with zero attached hydrogens (tertiary/aromatic N) is 1. The molecule has 0 atom stereocenters. The van der Waals surface area contributed by atoms with Gasteiger partial charge in [-0.2, -0.15) is 5.10 Å². The molecule has 0 aliphatic carbocycles. The number of aromatic amines is 1. The number of aryl methyl sites for hydroxylation is 2. The zero-order valence-electron chi connectivity index (χ0n) is 12.2. The van der Waals surface area contributed by atoms with Gasteiger partial charge >= 0.3 is 5.97 Å². The van der Waals surface area contributed by atoms with E-state index in [-0.39, 0.29) is 23.6 Å². The summed E-state index contributed by atoms with van der Waals surface area (Å²) in [4.78, 5) is 22.6. The van der Waals surface area contributed by atoms with Crippen molar-refractivity contribution in [2.75, 3.05) is 5.32 Å². The van der Waals surface area contributed by atoms with Gasteiger partial charge in [0.2, 0.25) is 5.91 Å². The summed E-state index contributed by atoms with van der Waals surface area (Å²) in [6.07, 6.45) is -0.264. The van der Waals surface area contributed by atoms with Crippen molar-refractivity contribution in [1.29, 1.82) is 0 Å². The molecule has 2 aromatic rings. The number of hydrogen-bond donors (Lipinski definition) is 3. The molecule has 1 aromatic heterocycles. The van der Waals surface area contributed by atoms with Crippen LogP contribution in [-0.4, -0.2) is 27.2 Å². The summed E-state index contributed by atoms with van der Waals surface area (Å²) >= 11 is 0. The third-order valence-corrected chi connectivity index (χ3v) is 3.30. The van der Waals surface area contributed by atoms with Crippen molar-refractivity contribution in [1.82, 2.24) is 10.2 Å². The van der Waals surface area contributed by atoms with Gasteiger partial charge in [-0.3, -0.25) is 14.7 Å². The Kier molecular flexibility index (Phi) is 4.55. The van der Waals surface area contributed by atoms with Crippen molar-refractivity contribution in [2.45, 2.75) is 26.7 Å². The molecule has 0 fully saturated rings. The number of aromatic nitrogens is 2. The average molecular weight is 305 g/mol. The smallest absolute Gasteiger partial charge is 0.307 e. The van der Waals surface area contributed by atoms with E-state index in [0.29, 0.717) is 0 Å². The summed E-state index contributed by atoms with van der Waals surface area (Å²) in [6, 6.07) is 3.95. The number of carboxylic acid groups (broad SMARTS) is 1. The van der Waals surface area contributed by atoms with E-state index in [9.17, 15) is 14.0 Å². The summed E-state index contributed by atoms with van der Waals surface area (Å²) in [5.41, 5.74) is 2.73. The predicted octanol–water partition coefficient (Wildman–Crippen LogP) is 1.97. The van der Waals surface area contributed by atoms with Gasteiger partial charge in [-0.25, -0.2) is 4.39 Å². The average Bonchev–Trinajstić information content (AvgIpc) is 2.73. The molecular weight excluding hydrogens is 289 g/mol. The lowest BCUT2D eigenvalue weighted by molar-refractivity contribution is -0.136. The molecule has 0 aliphatic rings. The van der Waals surface area contributed by atoms with E-state index >= 15 is 0 Å². The van der Waals surface area contributed by atoms with Crippen LogP contribution < -0.4 is 5.32 Å². The Morgan fingerprint density at radius 3 is 2.59 bits per heavy atom. The molecule has 1 amide bonds. The molecule has 0 spiro atoms. The molecule has 116 valence electrons. The first-order valence-electron chi connectivity index (χ1n) is 6.67. The van der Waals surface area contributed by atoms with Gasteiger partial charge in [0.25, 0.3) is 0 Å². The van der Waals surface area contributed by atoms with Crippen LogP contribution in [0.2, 0.25) is 0 Å². The monoisotopic (exact) mass is 305 g/mol. The summed E-state index contributed by atoms with van der Waals surface area (Å²) in [6.45, 7) is 3.62. The fourth-order valence-electron chi connectivity index (χ4n) is 2.13. The number of nitrogens with one attached hydrogen (secondary N) is 2. The van der Waals surface area contributed by atoms with Gasteiger partial charge in [0.05, 0.1) is 18.5 Å². The number of halogens is 1. The Bertz CT molecular complexity index is 705. The van der Waals surface area contributed by atoms with E-state index in [0.717, 1.165) is 23.0 Å². The highest BCUT2D eigenvalue weighted by atomic mass is 19.1. The maximum Gasteiger partial charge on any atom is 0.307 e. The summed E-state index contributed by atoms with van der Waals surface area (Å²) in [5.74, 6) is -2.06. The summed E-state index contributed by atoms with van der Waals surface area (Å²) < 4.78 is 13.7. The Hall–Kier alpha value is -2.70. The van der Waals surface area contributed by atoms with E-state index < -0.39 is 18.2 Å². The van der Waals surface area contributed by atoms with Crippen LogP contribution in [0.15, 0.2) is 18.2 Å². The molecule has 2 rings (SSSR count). The molecule has 22 heavy (non-hydrogen) atoms. The molecule has 1 heterocycles. The summed E-state index contributed by atoms with van der Waals surface area (Å²) in [5, 5.41) is 18.0. The lowest BCUT2D eigenvalue weighted by Crippen LogP contribution is -2.15. The van der Waals surface area contributed by atoms with Gasteiger partial charge in [-0.05, 0) is 31.5 Å². The van der Waals surface area contributed by atoms with Crippen LogP contribution in [-0.2, 0) is 22.4 Å². The fraction of sp³-hybridized carbons (Fsp3) is 0.267. The SMILES string of the molecule is Cc1n[nH]c(C)c1CC(=O)Nc1ccc(CC(=O)O)c(F)c1. The topological polar surface area (TPSA) is 95.1 Å². The first-order valence-corrected chi connectivity index (χ1v) is 6.67. The van der Waals surface area contributed by atoms with Crippen molar-refractivity contribution in [3.8, 4) is 0 Å². The standard InChI is InChI=1S/C15H16FN3O3/c1-8-12(9(2)19-18-8)7-14(20)17-11-4-3-10(5-15(21)22)13(16)6-11/h3-4,6H,5,7H2,1-2H3,(H,17,20)(H,18,19)(H,21,22). The third-order valence-electron chi connectivity index (χ3n) is 3.30. The van der Waals surface area contributed by atoms with Gasteiger partial charge in [-0.1, -0.05) is 6.07 Å². The van der Waals surface area contributed by atoms with Crippen molar-refractivity contribution < 1.29 is 19.1 Å². The van der Waals surface area contributed by atoms with E-state index in [4.69, 9.17) is 5.11 Å². The first kappa shape index (κ1) is 15.7. The molecule has 0 radical (unpaired) electrons. The lowest BCUT2D eigenvalue weighted by Gasteiger charge is -2.07. The molecule has 0 bridgehead atoms. The minimum atomic E-state index is -1.11. The quantitative estimate of drug-likeness (QED) is 0.787. The minimum absolute atomic E-state index is 0.0759. The second-order valence-corrected chi connectivity index (χ2v) is 5.01. The second-order valence-electron chi connectivity index (χ2n) is 5.01. The molecule has 7 heteroatoms. The Balaban J connectivity index is 2.06. The first-order chi connectivity index (χ1) is 10.4. The van der Waals surface area contributed by atoms with Crippen LogP contribution in [0.1, 0.15) is 22.5 Å². The number of aliphatic carboxylic acids is 1. The minimum Gasteiger partial charge on any atom is -0.481 e. The van der Waals surface area contributed by atoms with Crippen molar-refractivity contribution in [3.63, 3.8) is 0 Å². The molecule has 3 N–H and O–H groups in total. The predicted molar refractivity (Wildman–Crippen MR) is 78.1 cm³/mol. The van der Waals surface area contributed by atoms with Crippen molar-refractivity contribution in [3.05, 3.63) is 46.5 Å². The number of amides is 1. The van der Waals surface area contributed by atoms with Gasteiger partial charge < -0.3 is 10.4 Å². The zero-order valence-corrected chi connectivity index (χ0v) is 12.2. The van der Waals surface area contributed by atoms with E-state index in [1.54, 1.807) is 6.92 Å². The number of rotatable bonds is 5. The molecule has 0 unspecified atom stereocenters. The maximum absolute atomic E-state index is 13.7. The highest BCUT2D eigenvalue weighted by molar-refractivity contribution is 5.92. The number of carbonyl (C=O) groups excluding carboxylic acids is 1. The number of hydrogen-bond acceptors (Lipinski definition) is 3. The fourth-order valence-corrected chi connectivity index (χ4v) is 2.13. The van der Waals surface area contributed by atoms with E-state index in [2.05, 4.69) is 15.5 Å². The number of anilines is 1. The Labute approximate surface area is 126 Å². The summed E-state index contributed by atoms with van der Waals surface area (Å²) in [7, 11) is 0. The lowest BCUT2D eigenvalue weighted by atomic mass is 10.1. The van der Waals surface area contributed by atoms with Crippen LogP contribution in [0, 0.1) is 19.7 Å². The molecule has 1 aromatic carbocycles. The molecule has 0 saturated carbocycles. The van der Waals surface area contributed by atoms with E-state index in [1.807, 2.05) is 6.92 Å². The number of carboxylic acids is 1. The highest BCUT2D eigenvalue weighted by Crippen LogP contribution is 2.16. The van der Waals surface area contributed by atoms with Gasteiger partial charge in [0.15, 0.2) is 0 Å². The van der Waals surface area contributed by atoms with Crippen LogP contribution in [0.3, 0.4) is 0 Å². The Morgan fingerprint density at radius 2 is 2.05 bits per heavy atom. The molecule has 6 nitrogen and oxygen atoms in total. The van der Waals surface area contributed by atoms with Gasteiger partial charge in [0, 0.05) is 16.9 Å². The molecular formula is C15H16FN3O3. The number of carbonyl (C=O) groups is 2. The molecule has 0 saturated heterocycles.